The maximum atomic E-state index is 12.8. The average Bonchev–Trinajstić information content (AvgIpc) is 2.76. The lowest BCUT2D eigenvalue weighted by atomic mass is 9.81. The first-order valence-corrected chi connectivity index (χ1v) is 14.1. The fourth-order valence-corrected chi connectivity index (χ4v) is 6.02. The zero-order valence-electron chi connectivity index (χ0n) is 20.9. The monoisotopic (exact) mass is 501 g/mol. The number of rotatable bonds is 7. The summed E-state index contributed by atoms with van der Waals surface area (Å²) in [4.78, 5) is 23.9. The average molecular weight is 502 g/mol. The van der Waals surface area contributed by atoms with Gasteiger partial charge in [0, 0.05) is 36.7 Å². The molecule has 35 heavy (non-hydrogen) atoms. The first kappa shape index (κ1) is 25.4. The van der Waals surface area contributed by atoms with Gasteiger partial charge in [-0.15, -0.1) is 0 Å². The number of anilines is 2. The van der Waals surface area contributed by atoms with Crippen molar-refractivity contribution in [3.63, 3.8) is 0 Å². The lowest BCUT2D eigenvalue weighted by molar-refractivity contribution is 0.0985. The van der Waals surface area contributed by atoms with Gasteiger partial charge in [-0.3, -0.25) is 0 Å². The van der Waals surface area contributed by atoms with Gasteiger partial charge < -0.3 is 20.3 Å². The third-order valence-electron chi connectivity index (χ3n) is 6.78. The molecule has 9 nitrogen and oxygen atoms in total. The largest absolute Gasteiger partial charge is 0.377 e. The maximum Gasteiger partial charge on any atom is 0.319 e. The van der Waals surface area contributed by atoms with Crippen molar-refractivity contribution < 1.29 is 17.9 Å². The van der Waals surface area contributed by atoms with Crippen LogP contribution in [0.1, 0.15) is 45.7 Å². The molecule has 1 aliphatic heterocycles. The molecular formula is C25H35N5O4S. The van der Waals surface area contributed by atoms with Crippen LogP contribution in [-0.4, -0.2) is 63.0 Å². The SMILES string of the molecule is CC(C)CNC(=O)Nc1ccc(-c2nc(N3CCOC[C@@H]3C)cc(C3(S(C)(=O)=O)CCC3)n2)cc1. The van der Waals surface area contributed by atoms with E-state index in [2.05, 4.69) is 22.5 Å². The van der Waals surface area contributed by atoms with Crippen molar-refractivity contribution in [2.45, 2.75) is 50.8 Å². The summed E-state index contributed by atoms with van der Waals surface area (Å²) in [5, 5.41) is 5.65. The number of nitrogens with one attached hydrogen (secondary N) is 2. The number of nitrogens with zero attached hydrogens (tertiary/aromatic N) is 3. The van der Waals surface area contributed by atoms with Crippen LogP contribution < -0.4 is 15.5 Å². The topological polar surface area (TPSA) is 114 Å². The van der Waals surface area contributed by atoms with Crippen molar-refractivity contribution in [1.29, 1.82) is 0 Å². The number of aromatic nitrogens is 2. The highest BCUT2D eigenvalue weighted by Gasteiger charge is 2.49. The number of morpholine rings is 1. The quantitative estimate of drug-likeness (QED) is 0.596. The second-order valence-corrected chi connectivity index (χ2v) is 12.3. The molecule has 2 aromatic rings. The molecule has 1 saturated heterocycles. The van der Waals surface area contributed by atoms with E-state index in [-0.39, 0.29) is 12.1 Å². The predicted octanol–water partition coefficient (Wildman–Crippen LogP) is 3.57. The summed E-state index contributed by atoms with van der Waals surface area (Å²) in [6.45, 7) is 8.59. The molecular weight excluding hydrogens is 466 g/mol. The summed E-state index contributed by atoms with van der Waals surface area (Å²) in [6.07, 6.45) is 3.29. The van der Waals surface area contributed by atoms with Gasteiger partial charge in [-0.25, -0.2) is 23.2 Å². The number of amides is 2. The summed E-state index contributed by atoms with van der Waals surface area (Å²) in [5.41, 5.74) is 1.96. The minimum Gasteiger partial charge on any atom is -0.377 e. The minimum atomic E-state index is -3.36. The summed E-state index contributed by atoms with van der Waals surface area (Å²) in [6, 6.07) is 9.00. The number of hydrogen-bond donors (Lipinski definition) is 2. The van der Waals surface area contributed by atoms with Crippen LogP contribution in [0.5, 0.6) is 0 Å². The Labute approximate surface area is 207 Å². The van der Waals surface area contributed by atoms with Gasteiger partial charge in [-0.2, -0.15) is 0 Å². The highest BCUT2D eigenvalue weighted by molar-refractivity contribution is 7.91. The van der Waals surface area contributed by atoms with Gasteiger partial charge in [0.15, 0.2) is 15.7 Å². The molecule has 190 valence electrons. The Bertz CT molecular complexity index is 1160. The summed E-state index contributed by atoms with van der Waals surface area (Å²) in [7, 11) is -3.36. The summed E-state index contributed by atoms with van der Waals surface area (Å²) in [5.74, 6) is 1.55. The predicted molar refractivity (Wildman–Crippen MR) is 137 cm³/mol. The molecule has 1 aliphatic carbocycles. The first-order valence-electron chi connectivity index (χ1n) is 12.2. The summed E-state index contributed by atoms with van der Waals surface area (Å²) >= 11 is 0. The molecule has 0 radical (unpaired) electrons. The Balaban J connectivity index is 1.67. The Morgan fingerprint density at radius 3 is 2.51 bits per heavy atom. The molecule has 4 rings (SSSR count). The Morgan fingerprint density at radius 1 is 1.23 bits per heavy atom. The van der Waals surface area contributed by atoms with E-state index in [1.165, 1.54) is 6.26 Å². The van der Waals surface area contributed by atoms with Crippen molar-refractivity contribution in [3.8, 4) is 11.4 Å². The van der Waals surface area contributed by atoms with Crippen LogP contribution in [0.2, 0.25) is 0 Å². The molecule has 2 amide bonds. The van der Waals surface area contributed by atoms with E-state index in [1.807, 2.05) is 32.0 Å². The van der Waals surface area contributed by atoms with Crippen molar-refractivity contribution in [3.05, 3.63) is 36.0 Å². The van der Waals surface area contributed by atoms with Crippen molar-refractivity contribution in [1.82, 2.24) is 15.3 Å². The Morgan fingerprint density at radius 2 is 1.94 bits per heavy atom. The zero-order valence-corrected chi connectivity index (χ0v) is 21.7. The van der Waals surface area contributed by atoms with Gasteiger partial charge in [0.05, 0.1) is 24.9 Å². The first-order chi connectivity index (χ1) is 16.6. The van der Waals surface area contributed by atoms with E-state index in [0.717, 1.165) is 12.0 Å². The second-order valence-electron chi connectivity index (χ2n) is 9.98. The van der Waals surface area contributed by atoms with E-state index in [9.17, 15) is 13.2 Å². The molecule has 2 aliphatic rings. The molecule has 2 heterocycles. The lowest BCUT2D eigenvalue weighted by Crippen LogP contribution is -2.45. The molecule has 0 spiro atoms. The molecule has 10 heteroatoms. The fourth-order valence-electron chi connectivity index (χ4n) is 4.50. The van der Waals surface area contributed by atoms with Gasteiger partial charge in [0.2, 0.25) is 0 Å². The van der Waals surface area contributed by atoms with Crippen LogP contribution in [0.15, 0.2) is 30.3 Å². The van der Waals surface area contributed by atoms with Crippen LogP contribution in [0.4, 0.5) is 16.3 Å². The molecule has 2 N–H and O–H groups in total. The van der Waals surface area contributed by atoms with E-state index < -0.39 is 14.6 Å². The summed E-state index contributed by atoms with van der Waals surface area (Å²) < 4.78 is 30.3. The van der Waals surface area contributed by atoms with Crippen LogP contribution in [0.25, 0.3) is 11.4 Å². The number of ether oxygens (including phenoxy) is 1. The molecule has 0 unspecified atom stereocenters. The zero-order chi connectivity index (χ0) is 25.2. The Hall–Kier alpha value is -2.72. The van der Waals surface area contributed by atoms with Crippen LogP contribution in [0, 0.1) is 5.92 Å². The van der Waals surface area contributed by atoms with Crippen molar-refractivity contribution in [2.24, 2.45) is 5.92 Å². The molecule has 1 aromatic carbocycles. The van der Waals surface area contributed by atoms with Gasteiger partial charge in [0.25, 0.3) is 0 Å². The molecule has 1 atom stereocenters. The number of benzene rings is 1. The normalized spacial score (nSPS) is 19.8. The molecule has 1 aromatic heterocycles. The van der Waals surface area contributed by atoms with Crippen LogP contribution >= 0.6 is 0 Å². The Kier molecular flexibility index (Phi) is 7.32. The maximum absolute atomic E-state index is 12.8. The number of carbonyl (C=O) groups excluding carboxylic acids is 1. The molecule has 2 fully saturated rings. The van der Waals surface area contributed by atoms with E-state index >= 15 is 0 Å². The fraction of sp³-hybridized carbons (Fsp3) is 0.560. The van der Waals surface area contributed by atoms with Crippen LogP contribution in [0.3, 0.4) is 0 Å². The van der Waals surface area contributed by atoms with E-state index in [0.29, 0.717) is 68.1 Å². The third-order valence-corrected chi connectivity index (χ3v) is 8.82. The second kappa shape index (κ2) is 10.1. The number of carbonyl (C=O) groups is 1. The number of hydrogen-bond acceptors (Lipinski definition) is 7. The van der Waals surface area contributed by atoms with E-state index in [4.69, 9.17) is 14.7 Å². The van der Waals surface area contributed by atoms with Gasteiger partial charge in [0.1, 0.15) is 10.6 Å². The van der Waals surface area contributed by atoms with Crippen molar-refractivity contribution >= 4 is 27.4 Å². The van der Waals surface area contributed by atoms with E-state index in [1.54, 1.807) is 12.1 Å². The minimum absolute atomic E-state index is 0.117. The number of sulfone groups is 1. The lowest BCUT2D eigenvalue weighted by Gasteiger charge is -2.40. The number of urea groups is 1. The molecule has 0 bridgehead atoms. The van der Waals surface area contributed by atoms with Crippen molar-refractivity contribution in [2.75, 3.05) is 42.8 Å². The third kappa shape index (κ3) is 5.43. The highest BCUT2D eigenvalue weighted by atomic mass is 32.2. The van der Waals surface area contributed by atoms with Crippen LogP contribution in [-0.2, 0) is 19.3 Å². The standard InChI is InChI=1S/C25H35N5O4S/c1-17(2)15-26-24(31)27-20-8-6-19(7-9-20)23-28-21(25(10-5-11-25)35(4,32)33)14-22(29-23)30-12-13-34-16-18(30)3/h6-9,14,17-18H,5,10-13,15-16H2,1-4H3,(H2,26,27,31)/t18-/m0/s1. The molecule has 1 saturated carbocycles. The highest BCUT2D eigenvalue weighted by Crippen LogP contribution is 2.48. The van der Waals surface area contributed by atoms with Gasteiger partial charge in [-0.1, -0.05) is 13.8 Å². The smallest absolute Gasteiger partial charge is 0.319 e. The van der Waals surface area contributed by atoms with Gasteiger partial charge in [-0.05, 0) is 56.4 Å². The van der Waals surface area contributed by atoms with Gasteiger partial charge >= 0.3 is 6.03 Å².